The van der Waals surface area contributed by atoms with Gasteiger partial charge in [0.2, 0.25) is 5.91 Å². The van der Waals surface area contributed by atoms with Crippen LogP contribution in [-0.4, -0.2) is 22.6 Å². The molecule has 5 nitrogen and oxygen atoms in total. The van der Waals surface area contributed by atoms with Gasteiger partial charge < -0.3 is 10.6 Å². The van der Waals surface area contributed by atoms with Gasteiger partial charge in [-0.2, -0.15) is 0 Å². The van der Waals surface area contributed by atoms with Gasteiger partial charge in [0.05, 0.1) is 5.92 Å². The highest BCUT2D eigenvalue weighted by atomic mass is 16.2. The van der Waals surface area contributed by atoms with Crippen molar-refractivity contribution in [3.8, 4) is 0 Å². The van der Waals surface area contributed by atoms with Crippen LogP contribution >= 0.6 is 0 Å². The summed E-state index contributed by atoms with van der Waals surface area (Å²) in [5, 5.41) is 14.0. The van der Waals surface area contributed by atoms with Crippen LogP contribution in [0.5, 0.6) is 0 Å². The minimum atomic E-state index is -0.419. The molecule has 0 radical (unpaired) electrons. The van der Waals surface area contributed by atoms with Crippen molar-refractivity contribution < 1.29 is 4.79 Å². The molecule has 0 aliphatic rings. The van der Waals surface area contributed by atoms with Crippen LogP contribution in [0, 0.1) is 0 Å². The van der Waals surface area contributed by atoms with Gasteiger partial charge in [0.25, 0.3) is 0 Å². The first-order valence-corrected chi connectivity index (χ1v) is 8.37. The lowest BCUT2D eigenvalue weighted by Gasteiger charge is -2.17. The quantitative estimate of drug-likeness (QED) is 0.639. The van der Waals surface area contributed by atoms with Crippen LogP contribution in [0.2, 0.25) is 0 Å². The third-order valence-electron chi connectivity index (χ3n) is 3.87. The number of carbonyl (C=O) groups is 1. The Morgan fingerprint density at radius 2 is 1.42 bits per heavy atom. The molecule has 2 N–H and O–H groups in total. The summed E-state index contributed by atoms with van der Waals surface area (Å²) in [5.41, 5.74) is 1.85. The van der Waals surface area contributed by atoms with Gasteiger partial charge in [0.15, 0.2) is 5.82 Å². The van der Waals surface area contributed by atoms with E-state index in [1.165, 1.54) is 0 Å². The number of nitrogens with one attached hydrogen (secondary N) is 2. The highest BCUT2D eigenvalue weighted by Crippen LogP contribution is 2.26. The number of hydrogen-bond donors (Lipinski definition) is 2. The summed E-state index contributed by atoms with van der Waals surface area (Å²) in [6.07, 6.45) is 1.74. The normalized spacial score (nSPS) is 10.3. The van der Waals surface area contributed by atoms with E-state index in [0.717, 1.165) is 11.1 Å². The fourth-order valence-corrected chi connectivity index (χ4v) is 2.65. The summed E-state index contributed by atoms with van der Waals surface area (Å²) in [6.45, 7) is 4.24. The van der Waals surface area contributed by atoms with E-state index in [2.05, 4.69) is 27.4 Å². The third kappa shape index (κ3) is 4.33. The molecular weight excluding hydrogens is 324 g/mol. The number of nitrogens with zero attached hydrogens (tertiary/aromatic N) is 2. The van der Waals surface area contributed by atoms with Gasteiger partial charge in [-0.25, -0.2) is 0 Å². The molecule has 0 fully saturated rings. The number of hydrogen-bond acceptors (Lipinski definition) is 4. The fraction of sp³-hybridized carbons (Fsp3) is 0.0952. The maximum Gasteiger partial charge on any atom is 0.237 e. The largest absolute Gasteiger partial charge is 0.365 e. The summed E-state index contributed by atoms with van der Waals surface area (Å²) in [7, 11) is 0. The van der Waals surface area contributed by atoms with E-state index in [9.17, 15) is 4.79 Å². The van der Waals surface area contributed by atoms with Crippen molar-refractivity contribution in [3.63, 3.8) is 0 Å². The van der Waals surface area contributed by atoms with Crippen LogP contribution < -0.4 is 10.6 Å². The smallest absolute Gasteiger partial charge is 0.237 e. The maximum atomic E-state index is 13.0. The van der Waals surface area contributed by atoms with E-state index < -0.39 is 5.92 Å². The fourth-order valence-electron chi connectivity index (χ4n) is 2.65. The predicted molar refractivity (Wildman–Crippen MR) is 104 cm³/mol. The standard InChI is InChI=1S/C21H20N4O/c1-2-15-22-18-13-14-19(25-24-18)23-21(26)20(16-9-5-3-6-10-16)17-11-7-4-8-12-17/h2-14,20H,1,15H2,(H,22,24)(H,23,25,26). The molecule has 0 bridgehead atoms. The number of benzene rings is 2. The molecular formula is C21H20N4O. The van der Waals surface area contributed by atoms with Crippen molar-refractivity contribution in [2.75, 3.05) is 17.2 Å². The molecule has 2 aromatic carbocycles. The second-order valence-corrected chi connectivity index (χ2v) is 5.72. The Labute approximate surface area is 152 Å². The van der Waals surface area contributed by atoms with Gasteiger partial charge in [0.1, 0.15) is 5.82 Å². The van der Waals surface area contributed by atoms with E-state index in [-0.39, 0.29) is 5.91 Å². The van der Waals surface area contributed by atoms with Crippen LogP contribution in [-0.2, 0) is 4.79 Å². The lowest BCUT2D eigenvalue weighted by atomic mass is 9.90. The van der Waals surface area contributed by atoms with Crippen molar-refractivity contribution in [2.24, 2.45) is 0 Å². The SMILES string of the molecule is C=CCNc1ccc(NC(=O)C(c2ccccc2)c2ccccc2)nn1. The van der Waals surface area contributed by atoms with E-state index in [4.69, 9.17) is 0 Å². The van der Waals surface area contributed by atoms with E-state index in [1.54, 1.807) is 18.2 Å². The summed E-state index contributed by atoms with van der Waals surface area (Å²) in [5.74, 6) is 0.475. The van der Waals surface area contributed by atoms with Crippen LogP contribution in [0.1, 0.15) is 17.0 Å². The molecule has 1 amide bonds. The molecule has 3 aromatic rings. The van der Waals surface area contributed by atoms with Crippen molar-refractivity contribution in [2.45, 2.75) is 5.92 Å². The van der Waals surface area contributed by atoms with Crippen LogP contribution in [0.4, 0.5) is 11.6 Å². The average molecular weight is 344 g/mol. The van der Waals surface area contributed by atoms with E-state index >= 15 is 0 Å². The van der Waals surface area contributed by atoms with Crippen LogP contribution in [0.15, 0.2) is 85.5 Å². The topological polar surface area (TPSA) is 66.9 Å². The monoisotopic (exact) mass is 344 g/mol. The zero-order chi connectivity index (χ0) is 18.2. The number of amides is 1. The highest BCUT2D eigenvalue weighted by molar-refractivity contribution is 5.97. The molecule has 3 rings (SSSR count). The van der Waals surface area contributed by atoms with Gasteiger partial charge in [-0.3, -0.25) is 4.79 Å². The summed E-state index contributed by atoms with van der Waals surface area (Å²) >= 11 is 0. The van der Waals surface area contributed by atoms with Gasteiger partial charge in [-0.05, 0) is 23.3 Å². The molecule has 0 atom stereocenters. The number of rotatable bonds is 7. The number of aromatic nitrogens is 2. The second kappa shape index (κ2) is 8.58. The van der Waals surface area contributed by atoms with Crippen LogP contribution in [0.25, 0.3) is 0 Å². The Hall–Kier alpha value is -3.47. The first-order chi connectivity index (χ1) is 12.8. The lowest BCUT2D eigenvalue weighted by Crippen LogP contribution is -2.23. The molecule has 0 saturated carbocycles. The van der Waals surface area contributed by atoms with E-state index in [1.807, 2.05) is 60.7 Å². The minimum Gasteiger partial charge on any atom is -0.365 e. The zero-order valence-corrected chi connectivity index (χ0v) is 14.3. The van der Waals surface area contributed by atoms with Crippen molar-refractivity contribution in [3.05, 3.63) is 96.6 Å². The minimum absolute atomic E-state index is 0.150. The molecule has 130 valence electrons. The van der Waals surface area contributed by atoms with Gasteiger partial charge >= 0.3 is 0 Å². The molecule has 0 saturated heterocycles. The highest BCUT2D eigenvalue weighted by Gasteiger charge is 2.23. The molecule has 5 heteroatoms. The molecule has 0 spiro atoms. The molecule has 0 aliphatic carbocycles. The molecule has 0 unspecified atom stereocenters. The molecule has 26 heavy (non-hydrogen) atoms. The summed E-state index contributed by atoms with van der Waals surface area (Å²) in [6, 6.07) is 22.9. The van der Waals surface area contributed by atoms with Crippen molar-refractivity contribution in [1.29, 1.82) is 0 Å². The van der Waals surface area contributed by atoms with Gasteiger partial charge in [-0.15, -0.1) is 16.8 Å². The molecule has 1 heterocycles. The van der Waals surface area contributed by atoms with Crippen LogP contribution in [0.3, 0.4) is 0 Å². The predicted octanol–water partition coefficient (Wildman–Crippen LogP) is 3.85. The Kier molecular flexibility index (Phi) is 5.72. The summed E-state index contributed by atoms with van der Waals surface area (Å²) in [4.78, 5) is 13.0. The maximum absolute atomic E-state index is 13.0. The first-order valence-electron chi connectivity index (χ1n) is 8.37. The van der Waals surface area contributed by atoms with Gasteiger partial charge in [0, 0.05) is 6.54 Å². The Morgan fingerprint density at radius 3 is 1.92 bits per heavy atom. The Morgan fingerprint density at radius 1 is 0.885 bits per heavy atom. The molecule has 0 aliphatic heterocycles. The number of carbonyl (C=O) groups excluding carboxylic acids is 1. The van der Waals surface area contributed by atoms with Gasteiger partial charge in [-0.1, -0.05) is 66.7 Å². The Balaban J connectivity index is 1.81. The average Bonchev–Trinajstić information content (AvgIpc) is 2.69. The zero-order valence-electron chi connectivity index (χ0n) is 14.3. The summed E-state index contributed by atoms with van der Waals surface area (Å²) < 4.78 is 0. The second-order valence-electron chi connectivity index (χ2n) is 5.72. The lowest BCUT2D eigenvalue weighted by molar-refractivity contribution is -0.116. The van der Waals surface area contributed by atoms with Crippen molar-refractivity contribution >= 4 is 17.5 Å². The number of anilines is 2. The van der Waals surface area contributed by atoms with Crippen molar-refractivity contribution in [1.82, 2.24) is 10.2 Å². The Bertz CT molecular complexity index is 809. The van der Waals surface area contributed by atoms with E-state index in [0.29, 0.717) is 18.2 Å². The molecule has 1 aromatic heterocycles. The first kappa shape index (κ1) is 17.4. The third-order valence-corrected chi connectivity index (χ3v) is 3.87.